The molecule has 0 radical (unpaired) electrons. The van der Waals surface area contributed by atoms with E-state index in [1.807, 2.05) is 0 Å². The van der Waals surface area contributed by atoms with Crippen LogP contribution < -0.4 is 5.73 Å². The lowest BCUT2D eigenvalue weighted by molar-refractivity contribution is 0.0987. The third kappa shape index (κ3) is 1.35. The molecule has 76 valence electrons. The van der Waals surface area contributed by atoms with Crippen molar-refractivity contribution in [2.24, 2.45) is 0 Å². The lowest BCUT2D eigenvalue weighted by Crippen LogP contribution is -2.19. The first-order valence-corrected chi connectivity index (χ1v) is 4.82. The van der Waals surface area contributed by atoms with E-state index in [-0.39, 0.29) is 26.9 Å². The second kappa shape index (κ2) is 3.36. The number of anilines is 1. The van der Waals surface area contributed by atoms with Gasteiger partial charge in [0.05, 0.1) is 5.56 Å². The minimum absolute atomic E-state index is 0.136. The molecule has 5 heteroatoms. The Morgan fingerprint density at radius 2 is 1.60 bits per heavy atom. The van der Waals surface area contributed by atoms with Gasteiger partial charge in [-0.1, -0.05) is 35.3 Å². The smallest absolute Gasteiger partial charge is 0.208 e. The summed E-state index contributed by atoms with van der Waals surface area (Å²) >= 11 is 11.3. The van der Waals surface area contributed by atoms with Crippen LogP contribution in [0.2, 0.25) is 0 Å². The van der Waals surface area contributed by atoms with E-state index in [0.29, 0.717) is 0 Å². The molecule has 1 aromatic carbocycles. The van der Waals surface area contributed by atoms with Gasteiger partial charge in [0.15, 0.2) is 0 Å². The number of Topliss-reactive ketones (excluding diaryl/α,β-unsaturated/α-hetero) is 2. The van der Waals surface area contributed by atoms with Crippen molar-refractivity contribution in [3.63, 3.8) is 0 Å². The first-order valence-electron chi connectivity index (χ1n) is 4.07. The summed E-state index contributed by atoms with van der Waals surface area (Å²) in [6.07, 6.45) is 0. The molecule has 0 fully saturated rings. The summed E-state index contributed by atoms with van der Waals surface area (Å²) in [5.74, 6) is -0.974. The highest BCUT2D eigenvalue weighted by molar-refractivity contribution is 6.59. The summed E-state index contributed by atoms with van der Waals surface area (Å²) in [5.41, 5.74) is 6.17. The maximum absolute atomic E-state index is 11.7. The molecule has 3 nitrogen and oxygen atoms in total. The van der Waals surface area contributed by atoms with E-state index < -0.39 is 11.6 Å². The van der Waals surface area contributed by atoms with Crippen LogP contribution in [-0.2, 0) is 0 Å². The van der Waals surface area contributed by atoms with Gasteiger partial charge in [-0.2, -0.15) is 0 Å². The Balaban J connectivity index is 2.79. The van der Waals surface area contributed by atoms with Crippen molar-refractivity contribution in [3.05, 3.63) is 39.4 Å². The van der Waals surface area contributed by atoms with Crippen LogP contribution in [-0.4, -0.2) is 11.6 Å². The van der Waals surface area contributed by atoms with Crippen LogP contribution in [0.1, 0.15) is 20.7 Å². The summed E-state index contributed by atoms with van der Waals surface area (Å²) < 4.78 is 0. The molecule has 1 aliphatic carbocycles. The molecule has 0 saturated carbocycles. The molecule has 0 amide bonds. The number of nitrogen functional groups attached to an aromatic ring is 1. The first kappa shape index (κ1) is 10.2. The van der Waals surface area contributed by atoms with Crippen molar-refractivity contribution in [3.8, 4) is 0 Å². The summed E-state index contributed by atoms with van der Waals surface area (Å²) in [5, 5.41) is -0.521. The molecule has 0 aromatic heterocycles. The highest BCUT2D eigenvalue weighted by Gasteiger charge is 2.31. The number of fused-ring (bicyclic) bond motifs is 1. The minimum atomic E-state index is -0.505. The number of rotatable bonds is 0. The average molecular weight is 242 g/mol. The van der Waals surface area contributed by atoms with Crippen molar-refractivity contribution in [1.29, 1.82) is 0 Å². The van der Waals surface area contributed by atoms with Gasteiger partial charge in [0.1, 0.15) is 10.1 Å². The summed E-state index contributed by atoms with van der Waals surface area (Å²) in [6, 6.07) is 4.62. The molecule has 0 spiro atoms. The molecule has 1 aromatic rings. The zero-order valence-corrected chi connectivity index (χ0v) is 8.89. The van der Waals surface area contributed by atoms with E-state index >= 15 is 0 Å². The lowest BCUT2D eigenvalue weighted by atomic mass is 9.93. The van der Waals surface area contributed by atoms with Crippen molar-refractivity contribution >= 4 is 40.5 Å². The number of ketones is 2. The first-order chi connectivity index (χ1) is 7.04. The van der Waals surface area contributed by atoms with Gasteiger partial charge in [-0.05, 0) is 6.07 Å². The van der Waals surface area contributed by atoms with Gasteiger partial charge < -0.3 is 5.73 Å². The molecular formula is C10H5Cl2NO2. The van der Waals surface area contributed by atoms with E-state index in [2.05, 4.69) is 0 Å². The van der Waals surface area contributed by atoms with Gasteiger partial charge >= 0.3 is 0 Å². The van der Waals surface area contributed by atoms with Crippen LogP contribution in [0.3, 0.4) is 0 Å². The van der Waals surface area contributed by atoms with Gasteiger partial charge in [0, 0.05) is 11.3 Å². The van der Waals surface area contributed by atoms with Gasteiger partial charge in [-0.3, -0.25) is 9.59 Å². The number of hydrogen-bond acceptors (Lipinski definition) is 3. The number of halogens is 2. The van der Waals surface area contributed by atoms with E-state index in [4.69, 9.17) is 28.9 Å². The highest BCUT2D eigenvalue weighted by atomic mass is 35.5. The summed E-state index contributed by atoms with van der Waals surface area (Å²) in [6.45, 7) is 0. The maximum atomic E-state index is 11.7. The second-order valence-electron chi connectivity index (χ2n) is 3.06. The van der Waals surface area contributed by atoms with Crippen molar-refractivity contribution in [2.75, 3.05) is 5.73 Å². The predicted octanol–water partition coefficient (Wildman–Crippen LogP) is 2.34. The average Bonchev–Trinajstić information content (AvgIpc) is 2.23. The fourth-order valence-electron chi connectivity index (χ4n) is 1.44. The quantitative estimate of drug-likeness (QED) is 0.710. The molecule has 0 bridgehead atoms. The Morgan fingerprint density at radius 3 is 2.27 bits per heavy atom. The summed E-state index contributed by atoms with van der Waals surface area (Å²) in [4.78, 5) is 23.3. The Kier molecular flexibility index (Phi) is 2.29. The van der Waals surface area contributed by atoms with Crippen LogP contribution in [0, 0.1) is 0 Å². The Labute approximate surface area is 95.5 Å². The van der Waals surface area contributed by atoms with Gasteiger partial charge in [0.25, 0.3) is 0 Å². The predicted molar refractivity (Wildman–Crippen MR) is 58.2 cm³/mol. The molecule has 0 unspecified atom stereocenters. The second-order valence-corrected chi connectivity index (χ2v) is 3.81. The van der Waals surface area contributed by atoms with E-state index in [1.54, 1.807) is 6.07 Å². The SMILES string of the molecule is Nc1cccc2c1C(=O)C(Cl)=C(Cl)C2=O. The van der Waals surface area contributed by atoms with Crippen LogP contribution in [0.5, 0.6) is 0 Å². The zero-order chi connectivity index (χ0) is 11.2. The van der Waals surface area contributed by atoms with Crippen molar-refractivity contribution in [1.82, 2.24) is 0 Å². The van der Waals surface area contributed by atoms with E-state index in [9.17, 15) is 9.59 Å². The molecule has 1 aliphatic rings. The third-order valence-corrected chi connectivity index (χ3v) is 2.98. The Bertz CT molecular complexity index is 520. The molecule has 2 rings (SSSR count). The minimum Gasteiger partial charge on any atom is -0.398 e. The monoisotopic (exact) mass is 241 g/mol. The number of nitrogens with two attached hydrogens (primary N) is 1. The maximum Gasteiger partial charge on any atom is 0.208 e. The Hall–Kier alpha value is -1.32. The largest absolute Gasteiger partial charge is 0.398 e. The van der Waals surface area contributed by atoms with Gasteiger partial charge in [-0.15, -0.1) is 0 Å². The van der Waals surface area contributed by atoms with Crippen LogP contribution in [0.25, 0.3) is 0 Å². The standard InChI is InChI=1S/C10H5Cl2NO2/c11-7-8(12)10(15)6-4(9(7)14)2-1-3-5(6)13/h1-3H,13H2. The molecule has 0 saturated heterocycles. The fourth-order valence-corrected chi connectivity index (χ4v) is 1.81. The van der Waals surface area contributed by atoms with Crippen LogP contribution >= 0.6 is 23.2 Å². The zero-order valence-electron chi connectivity index (χ0n) is 7.38. The summed E-state index contributed by atoms with van der Waals surface area (Å²) in [7, 11) is 0. The number of carbonyl (C=O) groups excluding carboxylic acids is 2. The molecule has 2 N–H and O–H groups in total. The molecule has 15 heavy (non-hydrogen) atoms. The van der Waals surface area contributed by atoms with E-state index in [1.165, 1.54) is 12.1 Å². The fraction of sp³-hybridized carbons (Fsp3) is 0. The number of allylic oxidation sites excluding steroid dienone is 2. The van der Waals surface area contributed by atoms with Crippen LogP contribution in [0.15, 0.2) is 28.3 Å². The van der Waals surface area contributed by atoms with Crippen molar-refractivity contribution < 1.29 is 9.59 Å². The number of benzene rings is 1. The van der Waals surface area contributed by atoms with Gasteiger partial charge in [0.2, 0.25) is 11.6 Å². The number of hydrogen-bond donors (Lipinski definition) is 1. The van der Waals surface area contributed by atoms with Crippen molar-refractivity contribution in [2.45, 2.75) is 0 Å². The normalized spacial score (nSPS) is 15.6. The highest BCUT2D eigenvalue weighted by Crippen LogP contribution is 2.33. The molecule has 0 aliphatic heterocycles. The van der Waals surface area contributed by atoms with Gasteiger partial charge in [-0.25, -0.2) is 0 Å². The molecule has 0 heterocycles. The molecule has 0 atom stereocenters. The van der Waals surface area contributed by atoms with E-state index in [0.717, 1.165) is 0 Å². The Morgan fingerprint density at radius 1 is 1.00 bits per heavy atom. The number of carbonyl (C=O) groups is 2. The third-order valence-electron chi connectivity index (χ3n) is 2.16. The topological polar surface area (TPSA) is 60.2 Å². The lowest BCUT2D eigenvalue weighted by Gasteiger charge is -2.15. The van der Waals surface area contributed by atoms with Crippen LogP contribution in [0.4, 0.5) is 5.69 Å². The molecular weight excluding hydrogens is 237 g/mol.